The van der Waals surface area contributed by atoms with Gasteiger partial charge in [-0.05, 0) is 47.2 Å². The van der Waals surface area contributed by atoms with Crippen LogP contribution in [0.3, 0.4) is 0 Å². The minimum Gasteiger partial charge on any atom is -0.355 e. The van der Waals surface area contributed by atoms with Crippen LogP contribution in [-0.2, 0) is 0 Å². The highest BCUT2D eigenvalue weighted by atomic mass is 15.4. The fourth-order valence-corrected chi connectivity index (χ4v) is 4.32. The molecule has 3 aromatic rings. The van der Waals surface area contributed by atoms with E-state index in [1.807, 2.05) is 12.4 Å². The van der Waals surface area contributed by atoms with E-state index in [-0.39, 0.29) is 0 Å². The molecular formula is C26H30N8. The molecule has 0 fully saturated rings. The highest BCUT2D eigenvalue weighted by molar-refractivity contribution is 6.21. The molecule has 0 saturated carbocycles. The molecule has 0 bridgehead atoms. The van der Waals surface area contributed by atoms with Gasteiger partial charge in [-0.1, -0.05) is 48.5 Å². The fourth-order valence-electron chi connectivity index (χ4n) is 4.32. The van der Waals surface area contributed by atoms with Crippen LogP contribution in [0.5, 0.6) is 0 Å². The molecule has 0 amide bonds. The average molecular weight is 455 g/mol. The first-order chi connectivity index (χ1) is 16.9. The predicted molar refractivity (Wildman–Crippen MR) is 142 cm³/mol. The first-order valence-corrected chi connectivity index (χ1v) is 12.0. The molecule has 0 spiro atoms. The number of hydrogen-bond donors (Lipinski definition) is 4. The predicted octanol–water partition coefficient (Wildman–Crippen LogP) is 3.32. The maximum atomic E-state index is 4.53. The molecule has 0 atom stereocenters. The summed E-state index contributed by atoms with van der Waals surface area (Å²) < 4.78 is 0. The number of benzene rings is 3. The molecule has 34 heavy (non-hydrogen) atoms. The van der Waals surface area contributed by atoms with Crippen molar-refractivity contribution in [1.29, 1.82) is 0 Å². The van der Waals surface area contributed by atoms with Gasteiger partial charge in [0.25, 0.3) is 0 Å². The monoisotopic (exact) mass is 454 g/mol. The van der Waals surface area contributed by atoms with Crippen molar-refractivity contribution in [3.05, 3.63) is 59.7 Å². The standard InChI is InChI=1S/C26H30N8/c1-2-10-20-19(9-1)23(17-31-33-25-27-13-5-6-14-28-25)21-11-3-4-12-22(21)24(20)18-32-34-26-29-15-7-8-16-30-26/h1-4,9-12,17-18H,5-8,13-16H2,(H2,27,28,33)(H2,29,30,34)/b31-17+,32-18+. The van der Waals surface area contributed by atoms with Crippen LogP contribution in [-0.4, -0.2) is 50.5 Å². The lowest BCUT2D eigenvalue weighted by Gasteiger charge is -2.13. The van der Waals surface area contributed by atoms with Crippen LogP contribution in [0.25, 0.3) is 21.5 Å². The summed E-state index contributed by atoms with van der Waals surface area (Å²) in [4.78, 5) is 9.03. The lowest BCUT2D eigenvalue weighted by atomic mass is 9.92. The summed E-state index contributed by atoms with van der Waals surface area (Å²) in [5.74, 6) is 1.46. The summed E-state index contributed by atoms with van der Waals surface area (Å²) in [6, 6.07) is 16.8. The van der Waals surface area contributed by atoms with E-state index in [1.54, 1.807) is 0 Å². The number of nitrogens with one attached hydrogen (secondary N) is 4. The van der Waals surface area contributed by atoms with Crippen LogP contribution in [0.1, 0.15) is 36.8 Å². The third-order valence-corrected chi connectivity index (χ3v) is 6.04. The second-order valence-corrected chi connectivity index (χ2v) is 8.39. The minimum atomic E-state index is 0.729. The number of hydrogen-bond acceptors (Lipinski definition) is 8. The van der Waals surface area contributed by atoms with E-state index in [2.05, 4.69) is 90.2 Å². The van der Waals surface area contributed by atoms with E-state index in [4.69, 9.17) is 0 Å². The summed E-state index contributed by atoms with van der Waals surface area (Å²) >= 11 is 0. The van der Waals surface area contributed by atoms with E-state index in [0.717, 1.165) is 96.5 Å². The molecule has 2 aliphatic heterocycles. The molecular weight excluding hydrogens is 424 g/mol. The number of hydrazone groups is 2. The van der Waals surface area contributed by atoms with Crippen molar-refractivity contribution in [3.63, 3.8) is 0 Å². The second-order valence-electron chi connectivity index (χ2n) is 8.39. The Morgan fingerprint density at radius 1 is 0.618 bits per heavy atom. The first kappa shape index (κ1) is 21.9. The minimum absolute atomic E-state index is 0.729. The van der Waals surface area contributed by atoms with E-state index < -0.39 is 0 Å². The highest BCUT2D eigenvalue weighted by Crippen LogP contribution is 2.31. The number of aliphatic imine (C=N–C) groups is 2. The molecule has 0 unspecified atom stereocenters. The van der Waals surface area contributed by atoms with Gasteiger partial charge in [-0.25, -0.2) is 10.9 Å². The van der Waals surface area contributed by atoms with Crippen molar-refractivity contribution in [3.8, 4) is 0 Å². The lowest BCUT2D eigenvalue weighted by molar-refractivity contribution is 0.745. The van der Waals surface area contributed by atoms with Crippen molar-refractivity contribution in [2.45, 2.75) is 25.7 Å². The van der Waals surface area contributed by atoms with E-state index in [1.165, 1.54) is 0 Å². The quantitative estimate of drug-likeness (QED) is 0.276. The van der Waals surface area contributed by atoms with Gasteiger partial charge in [-0.15, -0.1) is 0 Å². The molecule has 0 aromatic heterocycles. The second kappa shape index (κ2) is 10.8. The molecule has 0 radical (unpaired) electrons. The Kier molecular flexibility index (Phi) is 6.94. The van der Waals surface area contributed by atoms with Crippen molar-refractivity contribution in [2.75, 3.05) is 26.2 Å². The van der Waals surface area contributed by atoms with Crippen LogP contribution >= 0.6 is 0 Å². The van der Waals surface area contributed by atoms with Crippen molar-refractivity contribution < 1.29 is 0 Å². The third-order valence-electron chi connectivity index (χ3n) is 6.04. The molecule has 0 saturated heterocycles. The van der Waals surface area contributed by atoms with Gasteiger partial charge in [0.15, 0.2) is 0 Å². The van der Waals surface area contributed by atoms with E-state index in [0.29, 0.717) is 0 Å². The Labute approximate surface area is 199 Å². The summed E-state index contributed by atoms with van der Waals surface area (Å²) in [5.41, 5.74) is 8.29. The molecule has 0 aliphatic carbocycles. The van der Waals surface area contributed by atoms with Gasteiger partial charge in [-0.3, -0.25) is 9.98 Å². The van der Waals surface area contributed by atoms with Crippen molar-refractivity contribution in [2.24, 2.45) is 20.2 Å². The van der Waals surface area contributed by atoms with Gasteiger partial charge in [0.1, 0.15) is 0 Å². The summed E-state index contributed by atoms with van der Waals surface area (Å²) in [6.45, 7) is 3.47. The Hall–Kier alpha value is -3.94. The van der Waals surface area contributed by atoms with Gasteiger partial charge < -0.3 is 10.6 Å². The number of nitrogens with zero attached hydrogens (tertiary/aromatic N) is 4. The van der Waals surface area contributed by atoms with Crippen LogP contribution in [0.4, 0.5) is 0 Å². The maximum Gasteiger partial charge on any atom is 0.212 e. The normalized spacial score (nSPS) is 17.1. The summed E-state index contributed by atoms with van der Waals surface area (Å²) in [6.07, 6.45) is 8.22. The topological polar surface area (TPSA) is 97.6 Å². The molecule has 8 heteroatoms. The number of guanidine groups is 2. The molecule has 2 aliphatic rings. The maximum absolute atomic E-state index is 4.53. The molecule has 3 aromatic carbocycles. The van der Waals surface area contributed by atoms with Crippen molar-refractivity contribution in [1.82, 2.24) is 21.5 Å². The lowest BCUT2D eigenvalue weighted by Crippen LogP contribution is -2.34. The summed E-state index contributed by atoms with van der Waals surface area (Å²) in [5, 5.41) is 20.1. The zero-order valence-electron chi connectivity index (χ0n) is 19.2. The SMILES string of the molecule is C(=N\NC1=NCCCCN1)/c1c2ccccc2c(/C=N/NC2=NCCCCN2)c2ccccc12. The van der Waals surface area contributed by atoms with Gasteiger partial charge in [-0.2, -0.15) is 10.2 Å². The molecule has 4 N–H and O–H groups in total. The first-order valence-electron chi connectivity index (χ1n) is 12.0. The molecule has 174 valence electrons. The van der Waals surface area contributed by atoms with E-state index >= 15 is 0 Å². The van der Waals surface area contributed by atoms with Gasteiger partial charge in [0.2, 0.25) is 11.9 Å². The van der Waals surface area contributed by atoms with Crippen LogP contribution in [0.2, 0.25) is 0 Å². The molecule has 2 heterocycles. The average Bonchev–Trinajstić information content (AvgIpc) is 3.30. The largest absolute Gasteiger partial charge is 0.355 e. The van der Waals surface area contributed by atoms with Crippen LogP contribution in [0, 0.1) is 0 Å². The van der Waals surface area contributed by atoms with Gasteiger partial charge in [0, 0.05) is 37.3 Å². The number of fused-ring (bicyclic) bond motifs is 2. The van der Waals surface area contributed by atoms with Crippen molar-refractivity contribution >= 4 is 45.9 Å². The smallest absolute Gasteiger partial charge is 0.212 e. The Bertz CT molecular complexity index is 1120. The third kappa shape index (κ3) is 5.01. The molecule has 5 rings (SSSR count). The zero-order chi connectivity index (χ0) is 23.0. The van der Waals surface area contributed by atoms with Gasteiger partial charge >= 0.3 is 0 Å². The Balaban J connectivity index is 1.50. The fraction of sp³-hybridized carbons (Fsp3) is 0.308. The Morgan fingerprint density at radius 2 is 1.03 bits per heavy atom. The Morgan fingerprint density at radius 3 is 1.44 bits per heavy atom. The van der Waals surface area contributed by atoms with Gasteiger partial charge in [0.05, 0.1) is 12.4 Å². The van der Waals surface area contributed by atoms with E-state index in [9.17, 15) is 0 Å². The highest BCUT2D eigenvalue weighted by Gasteiger charge is 2.12. The van der Waals surface area contributed by atoms with Crippen LogP contribution < -0.4 is 21.5 Å². The number of rotatable bonds is 4. The molecule has 8 nitrogen and oxygen atoms in total. The van der Waals surface area contributed by atoms with Crippen LogP contribution in [0.15, 0.2) is 68.7 Å². The zero-order valence-corrected chi connectivity index (χ0v) is 19.2. The summed E-state index contributed by atoms with van der Waals surface area (Å²) in [7, 11) is 0.